The van der Waals surface area contributed by atoms with E-state index in [1.54, 1.807) is 0 Å². The maximum absolute atomic E-state index is 12.3. The molecule has 2 N–H and O–H groups in total. The molecular weight excluding hydrogens is 242 g/mol. The number of alkyl halides is 2. The lowest BCUT2D eigenvalue weighted by atomic mass is 9.95. The predicted octanol–water partition coefficient (Wildman–Crippen LogP) is 0.995. The highest BCUT2D eigenvalue weighted by Crippen LogP contribution is 2.17. The molecule has 0 bridgehead atoms. The first-order valence-corrected chi connectivity index (χ1v) is 6.52. The zero-order valence-electron chi connectivity index (χ0n) is 10.6. The maximum atomic E-state index is 12.3. The van der Waals surface area contributed by atoms with Gasteiger partial charge in [0.2, 0.25) is 5.91 Å². The molecule has 1 amide bonds. The smallest absolute Gasteiger partial charge is 0.251 e. The molecule has 0 aliphatic heterocycles. The molecular formula is C12H22F2N2O2. The second-order valence-electron chi connectivity index (χ2n) is 4.75. The minimum absolute atomic E-state index is 0.0681. The van der Waals surface area contributed by atoms with Crippen molar-refractivity contribution in [2.75, 3.05) is 26.2 Å². The summed E-state index contributed by atoms with van der Waals surface area (Å²) in [5.74, 6) is -0.226. The SMILES string of the molecule is O=C(CN(CCO)CC(F)F)NC1CCCCC1. The van der Waals surface area contributed by atoms with E-state index in [0.29, 0.717) is 0 Å². The predicted molar refractivity (Wildman–Crippen MR) is 64.5 cm³/mol. The number of halogens is 2. The van der Waals surface area contributed by atoms with Gasteiger partial charge in [0.25, 0.3) is 6.43 Å². The van der Waals surface area contributed by atoms with Crippen LogP contribution < -0.4 is 5.32 Å². The van der Waals surface area contributed by atoms with Crippen molar-refractivity contribution in [1.29, 1.82) is 0 Å². The first kappa shape index (κ1) is 15.3. The molecule has 0 heterocycles. The number of carbonyl (C=O) groups is 1. The van der Waals surface area contributed by atoms with E-state index in [2.05, 4.69) is 5.32 Å². The number of aliphatic hydroxyl groups is 1. The highest BCUT2D eigenvalue weighted by atomic mass is 19.3. The Kier molecular flexibility index (Phi) is 7.12. The molecule has 1 saturated carbocycles. The summed E-state index contributed by atoms with van der Waals surface area (Å²) in [6.07, 6.45) is 2.89. The summed E-state index contributed by atoms with van der Waals surface area (Å²) < 4.78 is 24.5. The van der Waals surface area contributed by atoms with Gasteiger partial charge in [-0.2, -0.15) is 0 Å². The Morgan fingerprint density at radius 3 is 2.56 bits per heavy atom. The summed E-state index contributed by atoms with van der Waals surface area (Å²) in [4.78, 5) is 13.0. The van der Waals surface area contributed by atoms with Crippen molar-refractivity contribution in [2.45, 2.75) is 44.6 Å². The molecule has 1 aliphatic rings. The minimum atomic E-state index is -2.49. The summed E-state index contributed by atoms with van der Waals surface area (Å²) >= 11 is 0. The van der Waals surface area contributed by atoms with Gasteiger partial charge in [0.15, 0.2) is 0 Å². The molecule has 0 aromatic heterocycles. The third kappa shape index (κ3) is 6.26. The largest absolute Gasteiger partial charge is 0.395 e. The standard InChI is InChI=1S/C12H22F2N2O2/c13-11(14)8-16(6-7-17)9-12(18)15-10-4-2-1-3-5-10/h10-11,17H,1-9H2,(H,15,18). The fraction of sp³-hybridized carbons (Fsp3) is 0.917. The van der Waals surface area contributed by atoms with Gasteiger partial charge in [-0.05, 0) is 12.8 Å². The van der Waals surface area contributed by atoms with Gasteiger partial charge in [0, 0.05) is 12.6 Å². The third-order valence-electron chi connectivity index (χ3n) is 3.15. The van der Waals surface area contributed by atoms with Crippen molar-refractivity contribution >= 4 is 5.91 Å². The van der Waals surface area contributed by atoms with Gasteiger partial charge in [0.05, 0.1) is 19.7 Å². The van der Waals surface area contributed by atoms with Gasteiger partial charge in [0.1, 0.15) is 0 Å². The number of rotatable bonds is 7. The third-order valence-corrected chi connectivity index (χ3v) is 3.15. The van der Waals surface area contributed by atoms with Crippen LogP contribution in [0.4, 0.5) is 8.78 Å². The molecule has 0 aromatic rings. The van der Waals surface area contributed by atoms with Crippen LogP contribution in [0.15, 0.2) is 0 Å². The van der Waals surface area contributed by atoms with E-state index >= 15 is 0 Å². The van der Waals surface area contributed by atoms with Crippen LogP contribution >= 0.6 is 0 Å². The summed E-state index contributed by atoms with van der Waals surface area (Å²) in [5.41, 5.74) is 0. The van der Waals surface area contributed by atoms with E-state index in [1.165, 1.54) is 11.3 Å². The molecule has 0 aromatic carbocycles. The second kappa shape index (κ2) is 8.37. The first-order valence-electron chi connectivity index (χ1n) is 6.52. The maximum Gasteiger partial charge on any atom is 0.251 e. The number of aliphatic hydroxyl groups excluding tert-OH is 1. The lowest BCUT2D eigenvalue weighted by molar-refractivity contribution is -0.123. The Morgan fingerprint density at radius 2 is 2.00 bits per heavy atom. The van der Waals surface area contributed by atoms with Gasteiger partial charge in [-0.25, -0.2) is 8.78 Å². The zero-order valence-corrected chi connectivity index (χ0v) is 10.6. The van der Waals surface area contributed by atoms with Crippen molar-refractivity contribution in [2.24, 2.45) is 0 Å². The Balaban J connectivity index is 2.30. The molecule has 1 aliphatic carbocycles. The van der Waals surface area contributed by atoms with E-state index < -0.39 is 13.0 Å². The Morgan fingerprint density at radius 1 is 1.33 bits per heavy atom. The van der Waals surface area contributed by atoms with Gasteiger partial charge in [-0.1, -0.05) is 19.3 Å². The number of nitrogens with zero attached hydrogens (tertiary/aromatic N) is 1. The van der Waals surface area contributed by atoms with Crippen LogP contribution in [-0.4, -0.2) is 54.6 Å². The van der Waals surface area contributed by atoms with Crippen molar-refractivity contribution in [3.8, 4) is 0 Å². The highest BCUT2D eigenvalue weighted by Gasteiger charge is 2.19. The van der Waals surface area contributed by atoms with E-state index in [-0.39, 0.29) is 31.6 Å². The second-order valence-corrected chi connectivity index (χ2v) is 4.75. The van der Waals surface area contributed by atoms with Crippen LogP contribution in [0, 0.1) is 0 Å². The molecule has 0 spiro atoms. The average Bonchev–Trinajstić information content (AvgIpc) is 2.29. The van der Waals surface area contributed by atoms with Crippen LogP contribution in [0.25, 0.3) is 0 Å². The molecule has 0 atom stereocenters. The average molecular weight is 264 g/mol. The van der Waals surface area contributed by atoms with Crippen LogP contribution in [0.5, 0.6) is 0 Å². The van der Waals surface area contributed by atoms with Crippen LogP contribution in [-0.2, 0) is 4.79 Å². The highest BCUT2D eigenvalue weighted by molar-refractivity contribution is 5.78. The van der Waals surface area contributed by atoms with Crippen molar-refractivity contribution < 1.29 is 18.7 Å². The van der Waals surface area contributed by atoms with Gasteiger partial charge in [-0.3, -0.25) is 9.69 Å². The van der Waals surface area contributed by atoms with Crippen molar-refractivity contribution in [3.63, 3.8) is 0 Å². The van der Waals surface area contributed by atoms with Crippen molar-refractivity contribution in [3.05, 3.63) is 0 Å². The molecule has 1 rings (SSSR count). The number of hydrogen-bond donors (Lipinski definition) is 2. The summed E-state index contributed by atoms with van der Waals surface area (Å²) in [5, 5.41) is 11.6. The Labute approximate surface area is 106 Å². The van der Waals surface area contributed by atoms with Crippen LogP contribution in [0.3, 0.4) is 0 Å². The fourth-order valence-electron chi connectivity index (χ4n) is 2.29. The lowest BCUT2D eigenvalue weighted by Gasteiger charge is -2.25. The van der Waals surface area contributed by atoms with E-state index in [4.69, 9.17) is 5.11 Å². The normalized spacial score (nSPS) is 17.4. The quantitative estimate of drug-likeness (QED) is 0.721. The molecule has 0 radical (unpaired) electrons. The monoisotopic (exact) mass is 264 g/mol. The van der Waals surface area contributed by atoms with Crippen molar-refractivity contribution in [1.82, 2.24) is 10.2 Å². The summed E-state index contributed by atoms with van der Waals surface area (Å²) in [6, 6.07) is 0.189. The molecule has 0 saturated heterocycles. The van der Waals surface area contributed by atoms with Crippen LogP contribution in [0.2, 0.25) is 0 Å². The number of hydrogen-bond acceptors (Lipinski definition) is 3. The molecule has 0 unspecified atom stereocenters. The number of carbonyl (C=O) groups excluding carboxylic acids is 1. The minimum Gasteiger partial charge on any atom is -0.395 e. The number of amides is 1. The molecule has 4 nitrogen and oxygen atoms in total. The van der Waals surface area contributed by atoms with E-state index in [9.17, 15) is 13.6 Å². The van der Waals surface area contributed by atoms with Gasteiger partial charge < -0.3 is 10.4 Å². The summed E-state index contributed by atoms with van der Waals surface area (Å²) in [6.45, 7) is -0.661. The summed E-state index contributed by atoms with van der Waals surface area (Å²) in [7, 11) is 0. The molecule has 18 heavy (non-hydrogen) atoms. The van der Waals surface area contributed by atoms with Gasteiger partial charge >= 0.3 is 0 Å². The number of nitrogens with one attached hydrogen (secondary N) is 1. The molecule has 106 valence electrons. The van der Waals surface area contributed by atoms with Crippen LogP contribution in [0.1, 0.15) is 32.1 Å². The van der Waals surface area contributed by atoms with E-state index in [1.807, 2.05) is 0 Å². The topological polar surface area (TPSA) is 52.6 Å². The van der Waals surface area contributed by atoms with Gasteiger partial charge in [-0.15, -0.1) is 0 Å². The Hall–Kier alpha value is -0.750. The van der Waals surface area contributed by atoms with E-state index in [0.717, 1.165) is 25.7 Å². The zero-order chi connectivity index (χ0) is 13.4. The molecule has 1 fully saturated rings. The lowest BCUT2D eigenvalue weighted by Crippen LogP contribution is -2.44. The molecule has 6 heteroatoms. The Bertz CT molecular complexity index is 246. The fourth-order valence-corrected chi connectivity index (χ4v) is 2.29. The first-order chi connectivity index (χ1) is 8.61.